The summed E-state index contributed by atoms with van der Waals surface area (Å²) in [7, 11) is 0. The quantitative estimate of drug-likeness (QED) is 0.786. The Morgan fingerprint density at radius 1 is 1.38 bits per heavy atom. The molecule has 1 saturated heterocycles. The smallest absolute Gasteiger partial charge is 0.220 e. The number of rotatable bonds is 7. The van der Waals surface area contributed by atoms with E-state index >= 15 is 0 Å². The zero-order valence-electron chi connectivity index (χ0n) is 13.1. The highest BCUT2D eigenvalue weighted by Gasteiger charge is 2.22. The van der Waals surface area contributed by atoms with Crippen molar-refractivity contribution in [1.29, 1.82) is 0 Å². The van der Waals surface area contributed by atoms with Gasteiger partial charge in [0.05, 0.1) is 0 Å². The molecule has 0 radical (unpaired) electrons. The first-order valence-electron chi connectivity index (χ1n) is 7.85. The van der Waals surface area contributed by atoms with Crippen molar-refractivity contribution in [1.82, 2.24) is 5.32 Å². The minimum Gasteiger partial charge on any atom is -0.371 e. The lowest BCUT2D eigenvalue weighted by Gasteiger charge is -2.19. The maximum Gasteiger partial charge on any atom is 0.220 e. The molecule has 0 bridgehead atoms. The fourth-order valence-corrected chi connectivity index (χ4v) is 3.26. The third-order valence-electron chi connectivity index (χ3n) is 3.95. The van der Waals surface area contributed by atoms with E-state index in [0.717, 1.165) is 37.6 Å². The topological polar surface area (TPSA) is 32.3 Å². The van der Waals surface area contributed by atoms with Gasteiger partial charge in [0.1, 0.15) is 0 Å². The van der Waals surface area contributed by atoms with Crippen molar-refractivity contribution in [2.45, 2.75) is 26.7 Å². The van der Waals surface area contributed by atoms with Crippen LogP contribution in [0.1, 0.15) is 25.3 Å². The van der Waals surface area contributed by atoms with Crippen molar-refractivity contribution >= 4 is 23.4 Å². The Labute approximate surface area is 132 Å². The van der Waals surface area contributed by atoms with E-state index in [0.29, 0.717) is 12.3 Å². The van der Waals surface area contributed by atoms with E-state index in [9.17, 15) is 4.79 Å². The van der Waals surface area contributed by atoms with Gasteiger partial charge in [0.15, 0.2) is 0 Å². The number of hydrogen-bond donors (Lipinski definition) is 1. The normalized spacial score (nSPS) is 18.0. The molecule has 1 atom stereocenters. The largest absolute Gasteiger partial charge is 0.371 e. The summed E-state index contributed by atoms with van der Waals surface area (Å²) in [5, 5.41) is 3.09. The molecule has 116 valence electrons. The molecule has 1 aromatic rings. The number of nitrogens with one attached hydrogen (secondary N) is 1. The molecule has 1 amide bonds. The van der Waals surface area contributed by atoms with Crippen LogP contribution in [0.25, 0.3) is 0 Å². The molecule has 0 aromatic heterocycles. The van der Waals surface area contributed by atoms with Gasteiger partial charge in [-0.25, -0.2) is 0 Å². The Hall–Kier alpha value is -1.16. The minimum absolute atomic E-state index is 0.199. The monoisotopic (exact) mass is 306 g/mol. The Morgan fingerprint density at radius 3 is 2.86 bits per heavy atom. The van der Waals surface area contributed by atoms with E-state index < -0.39 is 0 Å². The molecule has 1 aliphatic rings. The number of aryl methyl sites for hydroxylation is 1. The molecule has 1 aliphatic heterocycles. The maximum absolute atomic E-state index is 11.7. The fraction of sp³-hybridized carbons (Fsp3) is 0.588. The van der Waals surface area contributed by atoms with Crippen molar-refractivity contribution in [3.8, 4) is 0 Å². The van der Waals surface area contributed by atoms with Gasteiger partial charge < -0.3 is 10.2 Å². The van der Waals surface area contributed by atoms with E-state index in [1.807, 2.05) is 11.8 Å². The van der Waals surface area contributed by atoms with E-state index in [-0.39, 0.29) is 5.91 Å². The molecular formula is C17H26N2OS. The molecule has 21 heavy (non-hydrogen) atoms. The SMILES string of the molecule is CCSCCC(=O)NC[C@H]1CCN(c2ccc(C)cc2)C1. The van der Waals surface area contributed by atoms with Crippen molar-refractivity contribution in [2.24, 2.45) is 5.92 Å². The van der Waals surface area contributed by atoms with Crippen molar-refractivity contribution in [2.75, 3.05) is 36.0 Å². The number of nitrogens with zero attached hydrogens (tertiary/aromatic N) is 1. The Kier molecular flexibility index (Phi) is 6.43. The average molecular weight is 306 g/mol. The molecule has 0 spiro atoms. The van der Waals surface area contributed by atoms with E-state index in [1.165, 1.54) is 11.3 Å². The molecule has 0 unspecified atom stereocenters. The number of thioether (sulfide) groups is 1. The lowest BCUT2D eigenvalue weighted by atomic mass is 10.1. The summed E-state index contributed by atoms with van der Waals surface area (Å²) in [5.74, 6) is 2.79. The minimum atomic E-state index is 0.199. The van der Waals surface area contributed by atoms with Crippen LogP contribution in [0.15, 0.2) is 24.3 Å². The lowest BCUT2D eigenvalue weighted by molar-refractivity contribution is -0.120. The van der Waals surface area contributed by atoms with Gasteiger partial charge in [-0.3, -0.25) is 4.79 Å². The van der Waals surface area contributed by atoms with Gasteiger partial charge in [0.2, 0.25) is 5.91 Å². The molecular weight excluding hydrogens is 280 g/mol. The van der Waals surface area contributed by atoms with Crippen molar-refractivity contribution in [3.05, 3.63) is 29.8 Å². The molecule has 1 heterocycles. The summed E-state index contributed by atoms with van der Waals surface area (Å²) in [6.07, 6.45) is 1.81. The van der Waals surface area contributed by atoms with Crippen LogP contribution in [-0.4, -0.2) is 37.0 Å². The van der Waals surface area contributed by atoms with E-state index in [2.05, 4.69) is 48.3 Å². The molecule has 1 aromatic carbocycles. The third kappa shape index (κ3) is 5.27. The summed E-state index contributed by atoms with van der Waals surface area (Å²) in [4.78, 5) is 14.1. The Morgan fingerprint density at radius 2 is 2.14 bits per heavy atom. The standard InChI is InChI=1S/C17H26N2OS/c1-3-21-11-9-17(20)18-12-15-8-10-19(13-15)16-6-4-14(2)5-7-16/h4-7,15H,3,8-13H2,1-2H3,(H,18,20)/t15-/m1/s1. The molecule has 1 N–H and O–H groups in total. The molecule has 3 nitrogen and oxygen atoms in total. The van der Waals surface area contributed by atoms with Crippen LogP contribution in [0.4, 0.5) is 5.69 Å². The Bertz CT molecular complexity index is 447. The van der Waals surface area contributed by atoms with Gasteiger partial charge in [0, 0.05) is 37.5 Å². The van der Waals surface area contributed by atoms with Crippen LogP contribution >= 0.6 is 11.8 Å². The highest BCUT2D eigenvalue weighted by atomic mass is 32.2. The van der Waals surface area contributed by atoms with Crippen molar-refractivity contribution in [3.63, 3.8) is 0 Å². The van der Waals surface area contributed by atoms with Gasteiger partial charge in [-0.15, -0.1) is 0 Å². The van der Waals surface area contributed by atoms with Crippen LogP contribution in [0.5, 0.6) is 0 Å². The number of amides is 1. The van der Waals surface area contributed by atoms with Gasteiger partial charge in [-0.1, -0.05) is 24.6 Å². The predicted octanol–water partition coefficient (Wildman–Crippen LogP) is 3.08. The number of anilines is 1. The summed E-state index contributed by atoms with van der Waals surface area (Å²) >= 11 is 1.82. The van der Waals surface area contributed by atoms with Crippen LogP contribution in [0.2, 0.25) is 0 Å². The zero-order chi connectivity index (χ0) is 15.1. The second-order valence-electron chi connectivity index (χ2n) is 5.69. The fourth-order valence-electron chi connectivity index (χ4n) is 2.65. The van der Waals surface area contributed by atoms with Crippen molar-refractivity contribution < 1.29 is 4.79 Å². The zero-order valence-corrected chi connectivity index (χ0v) is 13.9. The molecule has 0 aliphatic carbocycles. The number of carbonyl (C=O) groups is 1. The van der Waals surface area contributed by atoms with Gasteiger partial charge >= 0.3 is 0 Å². The highest BCUT2D eigenvalue weighted by Crippen LogP contribution is 2.23. The third-order valence-corrected chi connectivity index (χ3v) is 4.85. The summed E-state index contributed by atoms with van der Waals surface area (Å²) in [6.45, 7) is 7.20. The predicted molar refractivity (Wildman–Crippen MR) is 92.1 cm³/mol. The first-order valence-corrected chi connectivity index (χ1v) is 9.00. The summed E-state index contributed by atoms with van der Waals surface area (Å²) in [5.41, 5.74) is 2.60. The molecule has 1 fully saturated rings. The number of hydrogen-bond acceptors (Lipinski definition) is 3. The van der Waals surface area contributed by atoms with Crippen LogP contribution in [0.3, 0.4) is 0 Å². The number of carbonyl (C=O) groups excluding carboxylic acids is 1. The highest BCUT2D eigenvalue weighted by molar-refractivity contribution is 7.99. The molecule has 4 heteroatoms. The van der Waals surface area contributed by atoms with Crippen LogP contribution < -0.4 is 10.2 Å². The maximum atomic E-state index is 11.7. The molecule has 0 saturated carbocycles. The second-order valence-corrected chi connectivity index (χ2v) is 7.08. The van der Waals surface area contributed by atoms with Crippen LogP contribution in [0, 0.1) is 12.8 Å². The van der Waals surface area contributed by atoms with E-state index in [1.54, 1.807) is 0 Å². The second kappa shape index (κ2) is 8.32. The number of benzene rings is 1. The lowest BCUT2D eigenvalue weighted by Crippen LogP contribution is -2.31. The van der Waals surface area contributed by atoms with Gasteiger partial charge in [0.25, 0.3) is 0 Å². The summed E-state index contributed by atoms with van der Waals surface area (Å²) in [6, 6.07) is 8.71. The molecule has 2 rings (SSSR count). The van der Waals surface area contributed by atoms with Crippen LogP contribution in [-0.2, 0) is 4.79 Å². The first-order chi connectivity index (χ1) is 10.2. The first kappa shape index (κ1) is 16.2. The van der Waals surface area contributed by atoms with Gasteiger partial charge in [-0.2, -0.15) is 11.8 Å². The summed E-state index contributed by atoms with van der Waals surface area (Å²) < 4.78 is 0. The average Bonchev–Trinajstić information content (AvgIpc) is 2.95. The van der Waals surface area contributed by atoms with E-state index in [4.69, 9.17) is 0 Å². The Balaban J connectivity index is 1.70. The van der Waals surface area contributed by atoms with Gasteiger partial charge in [-0.05, 0) is 37.1 Å².